The van der Waals surface area contributed by atoms with Crippen LogP contribution in [0.4, 0.5) is 5.82 Å². The van der Waals surface area contributed by atoms with Crippen LogP contribution in [-0.4, -0.2) is 24.8 Å². The van der Waals surface area contributed by atoms with Crippen LogP contribution < -0.4 is 4.72 Å². The van der Waals surface area contributed by atoms with Gasteiger partial charge in [0.1, 0.15) is 0 Å². The van der Waals surface area contributed by atoms with Crippen molar-refractivity contribution in [3.63, 3.8) is 0 Å². The Morgan fingerprint density at radius 3 is 2.75 bits per heavy atom. The molecule has 1 aromatic heterocycles. The van der Waals surface area contributed by atoms with Crippen LogP contribution in [0, 0.1) is 0 Å². The van der Waals surface area contributed by atoms with E-state index in [1.165, 1.54) is 18.3 Å². The summed E-state index contributed by atoms with van der Waals surface area (Å²) in [5.41, 5.74) is 0. The molecule has 1 heterocycles. The maximum Gasteiger partial charge on any atom is 0.231 e. The second-order valence-corrected chi connectivity index (χ2v) is 3.99. The van der Waals surface area contributed by atoms with Crippen LogP contribution in [0.3, 0.4) is 0 Å². The molecule has 0 bridgehead atoms. The average Bonchev–Trinajstić information content (AvgIpc) is 1.91. The first-order valence-electron chi connectivity index (χ1n) is 3.11. The summed E-state index contributed by atoms with van der Waals surface area (Å²) in [7, 11) is -3.37. The Kier molecular flexibility index (Phi) is 2.18. The number of sulfonamides is 1. The van der Waals surface area contributed by atoms with E-state index < -0.39 is 10.0 Å². The number of aromatic nitrogens is 1. The maximum atomic E-state index is 10.7. The van der Waals surface area contributed by atoms with Crippen LogP contribution in [0.15, 0.2) is 18.3 Å². The van der Waals surface area contributed by atoms with Crippen molar-refractivity contribution in [1.29, 1.82) is 0 Å². The van der Waals surface area contributed by atoms with Gasteiger partial charge in [0, 0.05) is 6.20 Å². The largest absolute Gasteiger partial charge is 0.504 e. The first kappa shape index (κ1) is 8.79. The van der Waals surface area contributed by atoms with Crippen LogP contribution in [0.1, 0.15) is 0 Å². The minimum atomic E-state index is -3.37. The van der Waals surface area contributed by atoms with Gasteiger partial charge in [0.2, 0.25) is 10.0 Å². The highest BCUT2D eigenvalue weighted by molar-refractivity contribution is 7.92. The molecule has 0 aliphatic heterocycles. The lowest BCUT2D eigenvalue weighted by molar-refractivity contribution is 0.475. The highest BCUT2D eigenvalue weighted by Crippen LogP contribution is 2.18. The summed E-state index contributed by atoms with van der Waals surface area (Å²) < 4.78 is 23.4. The molecule has 0 aromatic carbocycles. The number of aromatic hydroxyl groups is 1. The summed E-state index contributed by atoms with van der Waals surface area (Å²) in [6.45, 7) is 0. The van der Waals surface area contributed by atoms with Crippen LogP contribution in [0.5, 0.6) is 5.75 Å². The number of hydrogen-bond acceptors (Lipinski definition) is 4. The molecule has 2 N–H and O–H groups in total. The van der Waals surface area contributed by atoms with Crippen molar-refractivity contribution in [1.82, 2.24) is 4.98 Å². The third-order valence-electron chi connectivity index (χ3n) is 1.07. The highest BCUT2D eigenvalue weighted by Gasteiger charge is 2.06. The molecular formula is C6H8N2O3S. The molecule has 12 heavy (non-hydrogen) atoms. The number of nitrogens with zero attached hydrogens (tertiary/aromatic N) is 1. The minimum Gasteiger partial charge on any atom is -0.504 e. The van der Waals surface area contributed by atoms with Crippen molar-refractivity contribution >= 4 is 15.8 Å². The van der Waals surface area contributed by atoms with Crippen molar-refractivity contribution in [2.75, 3.05) is 11.0 Å². The van der Waals surface area contributed by atoms with E-state index in [0.29, 0.717) is 0 Å². The number of pyridine rings is 1. The van der Waals surface area contributed by atoms with Crippen LogP contribution >= 0.6 is 0 Å². The molecular weight excluding hydrogens is 180 g/mol. The molecule has 6 heteroatoms. The maximum absolute atomic E-state index is 10.7. The molecule has 1 aromatic rings. The van der Waals surface area contributed by atoms with Crippen molar-refractivity contribution in [3.05, 3.63) is 18.3 Å². The second-order valence-electron chi connectivity index (χ2n) is 2.25. The van der Waals surface area contributed by atoms with Crippen LogP contribution in [0.2, 0.25) is 0 Å². The molecule has 1 rings (SSSR count). The van der Waals surface area contributed by atoms with Gasteiger partial charge in [-0.05, 0) is 12.1 Å². The summed E-state index contributed by atoms with van der Waals surface area (Å²) in [6.07, 6.45) is 2.37. The predicted molar refractivity (Wildman–Crippen MR) is 44.4 cm³/mol. The number of rotatable bonds is 2. The van der Waals surface area contributed by atoms with Crippen molar-refractivity contribution in [2.24, 2.45) is 0 Å². The summed E-state index contributed by atoms with van der Waals surface area (Å²) in [5, 5.41) is 9.08. The Morgan fingerprint density at radius 2 is 2.25 bits per heavy atom. The fraction of sp³-hybridized carbons (Fsp3) is 0.167. The second kappa shape index (κ2) is 2.98. The molecule has 0 aliphatic rings. The molecule has 66 valence electrons. The Balaban J connectivity index is 2.98. The van der Waals surface area contributed by atoms with Crippen LogP contribution in [-0.2, 0) is 10.0 Å². The summed E-state index contributed by atoms with van der Waals surface area (Å²) in [6, 6.07) is 2.85. The topological polar surface area (TPSA) is 79.3 Å². The molecule has 0 radical (unpaired) electrons. The standard InChI is InChI=1S/C6H8N2O3S/c1-12(10,11)8-6-5(9)3-2-4-7-6/h2-4,9H,1H3,(H,7,8). The number of hydrogen-bond donors (Lipinski definition) is 2. The average molecular weight is 188 g/mol. The minimum absolute atomic E-state index is 0.0556. The van der Waals surface area contributed by atoms with Crippen molar-refractivity contribution in [2.45, 2.75) is 0 Å². The zero-order valence-electron chi connectivity index (χ0n) is 6.35. The van der Waals surface area contributed by atoms with E-state index in [0.717, 1.165) is 6.26 Å². The Hall–Kier alpha value is -1.30. The van der Waals surface area contributed by atoms with Gasteiger partial charge in [-0.1, -0.05) is 0 Å². The molecule has 0 spiro atoms. The molecule has 0 unspecified atom stereocenters. The van der Waals surface area contributed by atoms with E-state index in [1.54, 1.807) is 0 Å². The monoisotopic (exact) mass is 188 g/mol. The van der Waals surface area contributed by atoms with Crippen molar-refractivity contribution in [3.8, 4) is 5.75 Å². The van der Waals surface area contributed by atoms with Gasteiger partial charge >= 0.3 is 0 Å². The molecule has 0 atom stereocenters. The normalized spacial score (nSPS) is 11.1. The molecule has 5 nitrogen and oxygen atoms in total. The summed E-state index contributed by atoms with van der Waals surface area (Å²) >= 11 is 0. The quantitative estimate of drug-likeness (QED) is 0.692. The van der Waals surface area contributed by atoms with Gasteiger partial charge < -0.3 is 5.11 Å². The SMILES string of the molecule is CS(=O)(=O)Nc1ncccc1O. The predicted octanol–water partition coefficient (Wildman–Crippen LogP) is 0.159. The zero-order valence-corrected chi connectivity index (χ0v) is 7.17. The summed E-state index contributed by atoms with van der Waals surface area (Å²) in [5.74, 6) is -0.247. The van der Waals surface area contributed by atoms with Gasteiger partial charge in [0.05, 0.1) is 6.26 Å². The lowest BCUT2D eigenvalue weighted by atomic mass is 10.4. The molecule has 0 fully saturated rings. The van der Waals surface area contributed by atoms with Crippen LogP contribution in [0.25, 0.3) is 0 Å². The Morgan fingerprint density at radius 1 is 1.58 bits per heavy atom. The van der Waals surface area contributed by atoms with Gasteiger partial charge in [-0.15, -0.1) is 0 Å². The first-order valence-corrected chi connectivity index (χ1v) is 5.00. The van der Waals surface area contributed by atoms with E-state index in [9.17, 15) is 8.42 Å². The van der Waals surface area contributed by atoms with Gasteiger partial charge in [0.15, 0.2) is 11.6 Å². The molecule has 0 saturated carbocycles. The third-order valence-corrected chi connectivity index (χ3v) is 1.63. The number of nitrogens with one attached hydrogen (secondary N) is 1. The molecule has 0 aliphatic carbocycles. The molecule has 0 amide bonds. The fourth-order valence-electron chi connectivity index (χ4n) is 0.651. The van der Waals surface area contributed by atoms with Gasteiger partial charge in [-0.3, -0.25) is 4.72 Å². The Bertz CT molecular complexity index is 374. The third kappa shape index (κ3) is 2.39. The van der Waals surface area contributed by atoms with Gasteiger partial charge in [-0.25, -0.2) is 13.4 Å². The Labute approximate surface area is 70.1 Å². The lowest BCUT2D eigenvalue weighted by Crippen LogP contribution is -2.10. The van der Waals surface area contributed by atoms with Gasteiger partial charge in [0.25, 0.3) is 0 Å². The molecule has 0 saturated heterocycles. The highest BCUT2D eigenvalue weighted by atomic mass is 32.2. The van der Waals surface area contributed by atoms with E-state index in [1.807, 2.05) is 0 Å². The lowest BCUT2D eigenvalue weighted by Gasteiger charge is -2.03. The fourth-order valence-corrected chi connectivity index (χ4v) is 1.16. The zero-order chi connectivity index (χ0) is 9.19. The number of anilines is 1. The summed E-state index contributed by atoms with van der Waals surface area (Å²) in [4.78, 5) is 3.62. The first-order chi connectivity index (χ1) is 5.49. The van der Waals surface area contributed by atoms with Gasteiger partial charge in [-0.2, -0.15) is 0 Å². The smallest absolute Gasteiger partial charge is 0.231 e. The van der Waals surface area contributed by atoms with E-state index in [-0.39, 0.29) is 11.6 Å². The van der Waals surface area contributed by atoms with Crippen molar-refractivity contribution < 1.29 is 13.5 Å². The van der Waals surface area contributed by atoms with E-state index >= 15 is 0 Å². The van der Waals surface area contributed by atoms with E-state index in [4.69, 9.17) is 5.11 Å². The van der Waals surface area contributed by atoms with E-state index in [2.05, 4.69) is 9.71 Å².